The summed E-state index contributed by atoms with van der Waals surface area (Å²) in [7, 11) is -3.73. The predicted molar refractivity (Wildman–Crippen MR) is 163 cm³/mol. The number of piperazine rings is 1. The lowest BCUT2D eigenvalue weighted by atomic mass is 9.96. The van der Waals surface area contributed by atoms with E-state index in [1.807, 2.05) is 41.3 Å². The number of hydrogen-bond acceptors (Lipinski definition) is 9. The summed E-state index contributed by atoms with van der Waals surface area (Å²) in [6.45, 7) is 8.93. The molecule has 3 aromatic rings. The van der Waals surface area contributed by atoms with Gasteiger partial charge in [0, 0.05) is 48.6 Å². The lowest BCUT2D eigenvalue weighted by Crippen LogP contribution is -2.56. The quantitative estimate of drug-likeness (QED) is 0.377. The summed E-state index contributed by atoms with van der Waals surface area (Å²) < 4.78 is 31.1. The second-order valence-corrected chi connectivity index (χ2v) is 14.3. The average Bonchev–Trinajstić information content (AvgIpc) is 2.90. The normalized spacial score (nSPS) is 19.4. The molecule has 3 heterocycles. The molecule has 0 spiro atoms. The number of nitriles is 1. The third-order valence-corrected chi connectivity index (χ3v) is 8.77. The molecule has 0 radical (unpaired) electrons. The molecule has 2 aliphatic rings. The number of carbonyl (C=O) groups is 1. The molecule has 1 aromatic heterocycles. The number of ether oxygens (including phenoxy) is 1. The molecule has 222 valence electrons. The zero-order valence-electron chi connectivity index (χ0n) is 24.5. The Balaban J connectivity index is 1.54. The van der Waals surface area contributed by atoms with Crippen LogP contribution < -0.4 is 9.80 Å². The average molecular weight is 611 g/mol. The van der Waals surface area contributed by atoms with Crippen molar-refractivity contribution in [3.05, 3.63) is 52.7 Å². The Morgan fingerprint density at radius 1 is 1.17 bits per heavy atom. The number of rotatable bonds is 4. The Labute approximate surface area is 251 Å². The van der Waals surface area contributed by atoms with E-state index in [4.69, 9.17) is 16.3 Å². The number of benzene rings is 2. The third kappa shape index (κ3) is 5.96. The molecule has 12 heteroatoms. The molecule has 2 aromatic carbocycles. The Kier molecular flexibility index (Phi) is 7.98. The maximum atomic E-state index is 12.9. The first-order chi connectivity index (χ1) is 19.8. The van der Waals surface area contributed by atoms with Crippen LogP contribution in [-0.2, 0) is 27.5 Å². The Morgan fingerprint density at radius 3 is 2.55 bits per heavy atom. The highest BCUT2D eigenvalue weighted by molar-refractivity contribution is 7.90. The minimum Gasteiger partial charge on any atom is -0.444 e. The van der Waals surface area contributed by atoms with Crippen molar-refractivity contribution in [1.82, 2.24) is 14.9 Å². The maximum absolute atomic E-state index is 12.9. The molecular formula is C30H35ClN6O4S. The molecular weight excluding hydrogens is 576 g/mol. The van der Waals surface area contributed by atoms with Gasteiger partial charge in [-0.15, -0.1) is 0 Å². The molecule has 42 heavy (non-hydrogen) atoms. The number of hydrogen-bond donors (Lipinski definition) is 0. The third-order valence-electron chi connectivity index (χ3n) is 7.61. The van der Waals surface area contributed by atoms with Gasteiger partial charge < -0.3 is 19.4 Å². The van der Waals surface area contributed by atoms with Gasteiger partial charge in [0.15, 0.2) is 0 Å². The van der Waals surface area contributed by atoms with Crippen LogP contribution in [0.25, 0.3) is 10.8 Å². The molecule has 2 aliphatic heterocycles. The van der Waals surface area contributed by atoms with Gasteiger partial charge in [-0.1, -0.05) is 35.9 Å². The fourth-order valence-corrected chi connectivity index (χ4v) is 6.52. The topological polar surface area (TPSA) is 120 Å². The molecule has 0 saturated carbocycles. The highest BCUT2D eigenvalue weighted by Gasteiger charge is 2.37. The molecule has 10 nitrogen and oxygen atoms in total. The number of fused-ring (bicyclic) bond motifs is 2. The van der Waals surface area contributed by atoms with Crippen LogP contribution in [-0.4, -0.2) is 73.0 Å². The van der Waals surface area contributed by atoms with E-state index >= 15 is 0 Å². The van der Waals surface area contributed by atoms with Crippen LogP contribution in [0.5, 0.6) is 0 Å². The highest BCUT2D eigenvalue weighted by Crippen LogP contribution is 2.39. The first-order valence-corrected chi connectivity index (χ1v) is 16.2. The van der Waals surface area contributed by atoms with Crippen LogP contribution in [0, 0.1) is 11.3 Å². The van der Waals surface area contributed by atoms with Gasteiger partial charge in [-0.25, -0.2) is 23.2 Å². The summed E-state index contributed by atoms with van der Waals surface area (Å²) in [6.07, 6.45) is 1.31. The molecule has 1 unspecified atom stereocenters. The smallest absolute Gasteiger partial charge is 0.410 e. The highest BCUT2D eigenvalue weighted by atomic mass is 35.5. The fraction of sp³-hybridized carbons (Fsp3) is 0.467. The Hall–Kier alpha value is -3.62. The second kappa shape index (κ2) is 11.2. The van der Waals surface area contributed by atoms with E-state index in [1.165, 1.54) is 0 Å². The van der Waals surface area contributed by atoms with Crippen molar-refractivity contribution in [3.8, 4) is 6.07 Å². The summed E-state index contributed by atoms with van der Waals surface area (Å²) in [4.78, 5) is 27.8. The molecule has 1 saturated heterocycles. The number of anilines is 2. The van der Waals surface area contributed by atoms with Crippen LogP contribution in [0.2, 0.25) is 5.02 Å². The molecule has 5 rings (SSSR count). The maximum Gasteiger partial charge on any atom is 0.410 e. The van der Waals surface area contributed by atoms with Crippen molar-refractivity contribution < 1.29 is 17.9 Å². The van der Waals surface area contributed by atoms with Gasteiger partial charge in [0.1, 0.15) is 11.4 Å². The zero-order chi connectivity index (χ0) is 30.4. The van der Waals surface area contributed by atoms with Crippen molar-refractivity contribution in [2.75, 3.05) is 35.7 Å². The van der Waals surface area contributed by atoms with Gasteiger partial charge in [-0.05, 0) is 51.6 Å². The van der Waals surface area contributed by atoms with Gasteiger partial charge in [-0.3, -0.25) is 0 Å². The van der Waals surface area contributed by atoms with Crippen molar-refractivity contribution in [2.24, 2.45) is 0 Å². The van der Waals surface area contributed by atoms with E-state index < -0.39 is 27.6 Å². The monoisotopic (exact) mass is 610 g/mol. The lowest BCUT2D eigenvalue weighted by molar-refractivity contribution is 0.0144. The van der Waals surface area contributed by atoms with E-state index in [-0.39, 0.29) is 17.6 Å². The van der Waals surface area contributed by atoms with Crippen molar-refractivity contribution >= 4 is 49.8 Å². The molecule has 0 N–H and O–H groups in total. The number of sulfone groups is 1. The van der Waals surface area contributed by atoms with Gasteiger partial charge in [0.2, 0.25) is 15.0 Å². The largest absolute Gasteiger partial charge is 0.444 e. The summed E-state index contributed by atoms with van der Waals surface area (Å²) in [5.74, 6) is 0.537. The standard InChI is InChI=1S/C30H35ClN6O4S/c1-19-16-22-24(18-37(19)25-11-7-9-20-8-6-10-23(31)26(20)25)33-28(42(5,39)40)34-27(22)35-14-15-36(21(17-35)12-13-32)29(38)41-30(2,3)4/h6-11,19,21H,12,14-18H2,1-5H3/t19?,21-/m0/s1. The summed E-state index contributed by atoms with van der Waals surface area (Å²) >= 11 is 6.65. The first kappa shape index (κ1) is 29.9. The fourth-order valence-electron chi connectivity index (χ4n) is 5.71. The zero-order valence-corrected chi connectivity index (χ0v) is 26.0. The number of halogens is 1. The van der Waals surface area contributed by atoms with Crippen LogP contribution in [0.15, 0.2) is 41.6 Å². The molecule has 1 fully saturated rings. The first-order valence-electron chi connectivity index (χ1n) is 13.9. The predicted octanol–water partition coefficient (Wildman–Crippen LogP) is 4.98. The van der Waals surface area contributed by atoms with Crippen molar-refractivity contribution in [1.29, 1.82) is 5.26 Å². The van der Waals surface area contributed by atoms with Gasteiger partial charge in [0.25, 0.3) is 0 Å². The number of amides is 1. The number of carbonyl (C=O) groups excluding carboxylic acids is 1. The lowest BCUT2D eigenvalue weighted by Gasteiger charge is -2.43. The minimum absolute atomic E-state index is 0.0313. The molecule has 0 aliphatic carbocycles. The summed E-state index contributed by atoms with van der Waals surface area (Å²) in [5, 5.41) is 11.9. The van der Waals surface area contributed by atoms with Crippen LogP contribution in [0.1, 0.15) is 45.4 Å². The Bertz CT molecular complexity index is 1680. The van der Waals surface area contributed by atoms with E-state index in [9.17, 15) is 18.5 Å². The minimum atomic E-state index is -3.73. The number of nitrogens with zero attached hydrogens (tertiary/aromatic N) is 6. The van der Waals surface area contributed by atoms with Crippen LogP contribution in [0.3, 0.4) is 0 Å². The second-order valence-electron chi connectivity index (χ2n) is 12.0. The summed E-state index contributed by atoms with van der Waals surface area (Å²) in [5.41, 5.74) is 1.79. The van der Waals surface area contributed by atoms with Crippen molar-refractivity contribution in [3.63, 3.8) is 0 Å². The van der Waals surface area contributed by atoms with Gasteiger partial charge in [0.05, 0.1) is 35.8 Å². The van der Waals surface area contributed by atoms with E-state index in [0.29, 0.717) is 49.1 Å². The SMILES string of the molecule is CC1Cc2c(nc(S(C)(=O)=O)nc2N2CCN(C(=O)OC(C)(C)C)[C@@H](CC#N)C2)CN1c1cccc2cccc(Cl)c12. The van der Waals surface area contributed by atoms with E-state index in [1.54, 1.807) is 25.7 Å². The van der Waals surface area contributed by atoms with Crippen molar-refractivity contribution in [2.45, 2.75) is 69.9 Å². The van der Waals surface area contributed by atoms with Gasteiger partial charge >= 0.3 is 6.09 Å². The molecule has 0 bridgehead atoms. The van der Waals surface area contributed by atoms with Crippen LogP contribution in [0.4, 0.5) is 16.3 Å². The van der Waals surface area contributed by atoms with E-state index in [2.05, 4.69) is 27.9 Å². The molecule has 1 amide bonds. The Morgan fingerprint density at radius 2 is 1.88 bits per heavy atom. The number of aromatic nitrogens is 2. The van der Waals surface area contributed by atoms with E-state index in [0.717, 1.165) is 28.3 Å². The molecule has 2 atom stereocenters. The van der Waals surface area contributed by atoms with Gasteiger partial charge in [-0.2, -0.15) is 5.26 Å². The van der Waals surface area contributed by atoms with Crippen LogP contribution >= 0.6 is 11.6 Å². The summed E-state index contributed by atoms with van der Waals surface area (Å²) in [6, 6.07) is 13.6.